The quantitative estimate of drug-likeness (QED) is 0.596. The summed E-state index contributed by atoms with van der Waals surface area (Å²) in [7, 11) is 0. The molecule has 2 aromatic carbocycles. The highest BCUT2D eigenvalue weighted by molar-refractivity contribution is 9.10. The molecule has 0 spiro atoms. The standard InChI is InChI=1S/C17H12BrFO3/c1-2-9-21-17(20)13-5-8-16(15(18)10-13)22-11-12-3-6-14(19)7-4-12/h1,3-8,10H,9,11H2. The topological polar surface area (TPSA) is 35.5 Å². The summed E-state index contributed by atoms with van der Waals surface area (Å²) in [6.07, 6.45) is 5.03. The van der Waals surface area contributed by atoms with E-state index in [1.165, 1.54) is 12.1 Å². The van der Waals surface area contributed by atoms with Crippen LogP contribution in [0.2, 0.25) is 0 Å². The summed E-state index contributed by atoms with van der Waals surface area (Å²) in [5.74, 6) is 2.01. The van der Waals surface area contributed by atoms with Gasteiger partial charge >= 0.3 is 5.97 Å². The summed E-state index contributed by atoms with van der Waals surface area (Å²) in [5, 5.41) is 0. The lowest BCUT2D eigenvalue weighted by atomic mass is 10.2. The number of hydrogen-bond acceptors (Lipinski definition) is 3. The molecule has 0 saturated heterocycles. The van der Waals surface area contributed by atoms with Gasteiger partial charge in [0.25, 0.3) is 0 Å². The molecule has 0 aliphatic carbocycles. The molecule has 0 aromatic heterocycles. The fourth-order valence-corrected chi connectivity index (χ4v) is 2.17. The minimum absolute atomic E-state index is 0.0702. The van der Waals surface area contributed by atoms with Gasteiger partial charge in [-0.1, -0.05) is 18.1 Å². The highest BCUT2D eigenvalue weighted by atomic mass is 79.9. The number of ether oxygens (including phenoxy) is 2. The Morgan fingerprint density at radius 1 is 1.23 bits per heavy atom. The number of carbonyl (C=O) groups is 1. The molecule has 0 atom stereocenters. The molecule has 0 aliphatic heterocycles. The molecule has 0 N–H and O–H groups in total. The van der Waals surface area contributed by atoms with Gasteiger partial charge in [0.15, 0.2) is 6.61 Å². The number of benzene rings is 2. The highest BCUT2D eigenvalue weighted by Crippen LogP contribution is 2.27. The van der Waals surface area contributed by atoms with E-state index in [9.17, 15) is 9.18 Å². The van der Waals surface area contributed by atoms with Gasteiger partial charge < -0.3 is 9.47 Å². The Morgan fingerprint density at radius 2 is 1.95 bits per heavy atom. The van der Waals surface area contributed by atoms with Crippen LogP contribution in [0.4, 0.5) is 4.39 Å². The third-order valence-electron chi connectivity index (χ3n) is 2.76. The van der Waals surface area contributed by atoms with E-state index < -0.39 is 5.97 Å². The number of esters is 1. The van der Waals surface area contributed by atoms with Gasteiger partial charge in [0.1, 0.15) is 18.2 Å². The van der Waals surface area contributed by atoms with Crippen molar-refractivity contribution in [1.82, 2.24) is 0 Å². The largest absolute Gasteiger partial charge is 0.488 e. The normalized spacial score (nSPS) is 9.86. The van der Waals surface area contributed by atoms with Gasteiger partial charge in [-0.3, -0.25) is 0 Å². The van der Waals surface area contributed by atoms with E-state index in [0.29, 0.717) is 22.4 Å². The first-order valence-electron chi connectivity index (χ1n) is 6.37. The van der Waals surface area contributed by atoms with Crippen LogP contribution in [0.3, 0.4) is 0 Å². The van der Waals surface area contributed by atoms with Crippen molar-refractivity contribution in [2.45, 2.75) is 6.61 Å². The monoisotopic (exact) mass is 362 g/mol. The molecule has 0 unspecified atom stereocenters. The second-order valence-electron chi connectivity index (χ2n) is 4.34. The number of hydrogen-bond donors (Lipinski definition) is 0. The van der Waals surface area contributed by atoms with E-state index in [-0.39, 0.29) is 12.4 Å². The highest BCUT2D eigenvalue weighted by Gasteiger charge is 2.10. The zero-order valence-electron chi connectivity index (χ0n) is 11.5. The Hall–Kier alpha value is -2.32. The van der Waals surface area contributed by atoms with Crippen LogP contribution in [0.15, 0.2) is 46.9 Å². The molecule has 3 nitrogen and oxygen atoms in total. The Balaban J connectivity index is 2.02. The number of terminal acetylenes is 1. The lowest BCUT2D eigenvalue weighted by molar-refractivity contribution is 0.0556. The van der Waals surface area contributed by atoms with Crippen molar-refractivity contribution in [3.8, 4) is 18.1 Å². The van der Waals surface area contributed by atoms with Crippen molar-refractivity contribution in [3.63, 3.8) is 0 Å². The van der Waals surface area contributed by atoms with E-state index in [0.717, 1.165) is 5.56 Å². The molecule has 0 radical (unpaired) electrons. The second kappa shape index (κ2) is 7.62. The Morgan fingerprint density at radius 3 is 2.59 bits per heavy atom. The van der Waals surface area contributed by atoms with Crippen LogP contribution in [-0.2, 0) is 11.3 Å². The molecular formula is C17H12BrFO3. The predicted molar refractivity (Wildman–Crippen MR) is 84.0 cm³/mol. The van der Waals surface area contributed by atoms with Crippen molar-refractivity contribution in [2.75, 3.05) is 6.61 Å². The maximum atomic E-state index is 12.8. The van der Waals surface area contributed by atoms with E-state index >= 15 is 0 Å². The van der Waals surface area contributed by atoms with Crippen molar-refractivity contribution in [3.05, 3.63) is 63.9 Å². The van der Waals surface area contributed by atoms with E-state index in [1.807, 2.05) is 0 Å². The summed E-state index contributed by atoms with van der Waals surface area (Å²) in [6.45, 7) is 0.221. The van der Waals surface area contributed by atoms with Gasteiger partial charge in [-0.05, 0) is 51.8 Å². The molecule has 0 amide bonds. The second-order valence-corrected chi connectivity index (χ2v) is 5.19. The first-order valence-corrected chi connectivity index (χ1v) is 7.17. The SMILES string of the molecule is C#CCOC(=O)c1ccc(OCc2ccc(F)cc2)c(Br)c1. The maximum absolute atomic E-state index is 12.8. The van der Waals surface area contributed by atoms with Crippen molar-refractivity contribution >= 4 is 21.9 Å². The Kier molecular flexibility index (Phi) is 5.56. The van der Waals surface area contributed by atoms with Gasteiger partial charge in [0, 0.05) is 0 Å². The van der Waals surface area contributed by atoms with Gasteiger partial charge in [0.2, 0.25) is 0 Å². The fourth-order valence-electron chi connectivity index (χ4n) is 1.68. The summed E-state index contributed by atoms with van der Waals surface area (Å²) >= 11 is 3.34. The molecule has 2 aromatic rings. The molecule has 0 aliphatic rings. The van der Waals surface area contributed by atoms with Crippen molar-refractivity contribution in [2.24, 2.45) is 0 Å². The zero-order chi connectivity index (χ0) is 15.9. The van der Waals surface area contributed by atoms with Crippen LogP contribution >= 0.6 is 15.9 Å². The van der Waals surface area contributed by atoms with Gasteiger partial charge in [-0.25, -0.2) is 9.18 Å². The fraction of sp³-hybridized carbons (Fsp3) is 0.118. The summed E-state index contributed by atoms with van der Waals surface area (Å²) in [5.41, 5.74) is 1.21. The third-order valence-corrected chi connectivity index (χ3v) is 3.38. The lowest BCUT2D eigenvalue weighted by Crippen LogP contribution is -2.05. The molecule has 112 valence electrons. The summed E-state index contributed by atoms with van der Waals surface area (Å²) in [6, 6.07) is 10.9. The van der Waals surface area contributed by atoms with Crippen LogP contribution in [0.5, 0.6) is 5.75 Å². The molecular weight excluding hydrogens is 351 g/mol. The molecule has 0 saturated carbocycles. The Labute approximate surface area is 136 Å². The number of halogens is 2. The van der Waals surface area contributed by atoms with Crippen LogP contribution in [0.25, 0.3) is 0 Å². The first kappa shape index (κ1) is 16.1. The smallest absolute Gasteiger partial charge is 0.339 e. The van der Waals surface area contributed by atoms with Crippen LogP contribution < -0.4 is 4.74 Å². The van der Waals surface area contributed by atoms with E-state index in [1.54, 1.807) is 30.3 Å². The zero-order valence-corrected chi connectivity index (χ0v) is 13.1. The maximum Gasteiger partial charge on any atom is 0.339 e. The van der Waals surface area contributed by atoms with E-state index in [2.05, 4.69) is 21.9 Å². The minimum atomic E-state index is -0.497. The number of carbonyl (C=O) groups excluding carboxylic acids is 1. The van der Waals surface area contributed by atoms with Crippen LogP contribution in [-0.4, -0.2) is 12.6 Å². The lowest BCUT2D eigenvalue weighted by Gasteiger charge is -2.09. The van der Waals surface area contributed by atoms with Crippen LogP contribution in [0, 0.1) is 18.2 Å². The minimum Gasteiger partial charge on any atom is -0.488 e. The molecule has 0 fully saturated rings. The summed E-state index contributed by atoms with van der Waals surface area (Å²) < 4.78 is 23.9. The van der Waals surface area contributed by atoms with Gasteiger partial charge in [-0.15, -0.1) is 6.42 Å². The average Bonchev–Trinajstić information content (AvgIpc) is 2.53. The van der Waals surface area contributed by atoms with Crippen LogP contribution in [0.1, 0.15) is 15.9 Å². The summed E-state index contributed by atoms with van der Waals surface area (Å²) in [4.78, 5) is 11.7. The van der Waals surface area contributed by atoms with Crippen molar-refractivity contribution < 1.29 is 18.7 Å². The molecule has 22 heavy (non-hydrogen) atoms. The third kappa shape index (κ3) is 4.34. The molecule has 0 bridgehead atoms. The van der Waals surface area contributed by atoms with Gasteiger partial charge in [0.05, 0.1) is 10.0 Å². The van der Waals surface area contributed by atoms with E-state index in [4.69, 9.17) is 15.9 Å². The van der Waals surface area contributed by atoms with Gasteiger partial charge in [-0.2, -0.15) is 0 Å². The first-order chi connectivity index (χ1) is 10.6. The Bertz CT molecular complexity index is 705. The molecule has 2 rings (SSSR count). The van der Waals surface area contributed by atoms with Crippen molar-refractivity contribution in [1.29, 1.82) is 0 Å². The average molecular weight is 363 g/mol. The number of rotatable bonds is 5. The molecule has 0 heterocycles. The molecule has 5 heteroatoms. The predicted octanol–water partition coefficient (Wildman–Crippen LogP) is 3.96.